The van der Waals surface area contributed by atoms with Gasteiger partial charge in [0, 0.05) is 13.0 Å². The van der Waals surface area contributed by atoms with Gasteiger partial charge in [-0.2, -0.15) is 0 Å². The zero-order valence-electron chi connectivity index (χ0n) is 21.2. The van der Waals surface area contributed by atoms with E-state index in [4.69, 9.17) is 32.8 Å². The van der Waals surface area contributed by atoms with Crippen LogP contribution in [0.1, 0.15) is 51.4 Å². The third-order valence-corrected chi connectivity index (χ3v) is 6.31. The molecule has 1 unspecified atom stereocenters. The highest BCUT2D eigenvalue weighted by molar-refractivity contribution is 5.43. The molecule has 1 aromatic heterocycles. The molecule has 2 fully saturated rings. The summed E-state index contributed by atoms with van der Waals surface area (Å²) >= 11 is 0. The van der Waals surface area contributed by atoms with E-state index >= 15 is 0 Å². The van der Waals surface area contributed by atoms with Crippen LogP contribution in [0.5, 0.6) is 5.75 Å². The van der Waals surface area contributed by atoms with E-state index in [-0.39, 0.29) is 30.5 Å². The fourth-order valence-electron chi connectivity index (χ4n) is 4.48. The van der Waals surface area contributed by atoms with Crippen molar-refractivity contribution in [2.75, 3.05) is 20.3 Å². The highest BCUT2D eigenvalue weighted by Crippen LogP contribution is 2.34. The van der Waals surface area contributed by atoms with Crippen LogP contribution in [0.25, 0.3) is 6.08 Å². The van der Waals surface area contributed by atoms with Crippen molar-refractivity contribution in [1.82, 2.24) is 0 Å². The summed E-state index contributed by atoms with van der Waals surface area (Å²) in [6.07, 6.45) is 7.29. The molecular formula is C28H38O7. The number of ether oxygens (including phenoxy) is 6. The Morgan fingerprint density at radius 1 is 1.09 bits per heavy atom. The van der Waals surface area contributed by atoms with Crippen LogP contribution in [0.2, 0.25) is 0 Å². The number of rotatable bonds is 12. The van der Waals surface area contributed by atoms with E-state index in [1.807, 2.05) is 62.4 Å². The molecule has 35 heavy (non-hydrogen) atoms. The molecule has 0 spiro atoms. The van der Waals surface area contributed by atoms with Gasteiger partial charge in [0.05, 0.1) is 38.8 Å². The number of unbranched alkanes of at least 4 members (excludes halogenated alkanes) is 1. The monoisotopic (exact) mass is 486 g/mol. The Kier molecular flexibility index (Phi) is 9.03. The maximum absolute atomic E-state index is 6.54. The molecule has 2 aliphatic heterocycles. The molecule has 1 aromatic carbocycles. The van der Waals surface area contributed by atoms with Gasteiger partial charge in [-0.1, -0.05) is 25.5 Å². The summed E-state index contributed by atoms with van der Waals surface area (Å²) in [6.45, 7) is 7.68. The molecule has 2 aromatic rings. The molecule has 0 aliphatic carbocycles. The minimum Gasteiger partial charge on any atom is -0.497 e. The van der Waals surface area contributed by atoms with Gasteiger partial charge in [0.2, 0.25) is 0 Å². The van der Waals surface area contributed by atoms with Crippen LogP contribution in [0, 0.1) is 0 Å². The van der Waals surface area contributed by atoms with Crippen molar-refractivity contribution in [1.29, 1.82) is 0 Å². The van der Waals surface area contributed by atoms with Crippen molar-refractivity contribution in [2.45, 2.75) is 82.9 Å². The summed E-state index contributed by atoms with van der Waals surface area (Å²) in [5, 5.41) is 0. The van der Waals surface area contributed by atoms with Crippen molar-refractivity contribution < 1.29 is 32.8 Å². The van der Waals surface area contributed by atoms with Crippen LogP contribution in [0.15, 0.2) is 53.2 Å². The van der Waals surface area contributed by atoms with Crippen LogP contribution in [0.4, 0.5) is 0 Å². The Balaban J connectivity index is 1.51. The quantitative estimate of drug-likeness (QED) is 0.373. The Morgan fingerprint density at radius 2 is 1.91 bits per heavy atom. The molecule has 0 amide bonds. The molecule has 7 nitrogen and oxygen atoms in total. The first-order chi connectivity index (χ1) is 17.0. The smallest absolute Gasteiger partial charge is 0.163 e. The largest absolute Gasteiger partial charge is 0.497 e. The molecule has 4 rings (SSSR count). The number of hydrogen-bond donors (Lipinski definition) is 0. The maximum Gasteiger partial charge on any atom is 0.163 e. The third kappa shape index (κ3) is 7.18. The molecule has 5 atom stereocenters. The van der Waals surface area contributed by atoms with E-state index in [1.165, 1.54) is 0 Å². The fraction of sp³-hybridized carbons (Fsp3) is 0.571. The van der Waals surface area contributed by atoms with E-state index in [0.717, 1.165) is 29.9 Å². The van der Waals surface area contributed by atoms with Crippen LogP contribution >= 0.6 is 0 Å². The summed E-state index contributed by atoms with van der Waals surface area (Å²) < 4.78 is 42.0. The minimum atomic E-state index is -0.579. The molecule has 7 heteroatoms. The van der Waals surface area contributed by atoms with Crippen molar-refractivity contribution in [3.05, 3.63) is 60.1 Å². The number of furan rings is 1. The first kappa shape index (κ1) is 25.9. The second kappa shape index (κ2) is 12.2. The lowest BCUT2D eigenvalue weighted by atomic mass is 10.0. The zero-order chi connectivity index (χ0) is 24.7. The molecule has 3 heterocycles. The number of hydrogen-bond acceptors (Lipinski definition) is 7. The Bertz CT molecular complexity index is 906. The summed E-state index contributed by atoms with van der Waals surface area (Å²) in [6, 6.07) is 11.7. The zero-order valence-corrected chi connectivity index (χ0v) is 21.2. The Morgan fingerprint density at radius 3 is 2.57 bits per heavy atom. The standard InChI is InChI=1S/C28H38O7/c1-5-6-15-31-27-25(17-23-19-33-28(2,3)35-23)34-24(14-13-22-8-7-16-30-22)26(27)32-18-20-9-11-21(29-4)12-10-20/h7-14,16,23-27H,5-6,15,17-19H2,1-4H3/b14-13+/t23?,24-,25+,26-,27-/m0/s1. The van der Waals surface area contributed by atoms with E-state index in [1.54, 1.807) is 13.4 Å². The van der Waals surface area contributed by atoms with E-state index < -0.39 is 5.79 Å². The molecule has 192 valence electrons. The SMILES string of the molecule is CCCCO[C@@H]1[C@@H](OCc2ccc(OC)cc2)[C@H](/C=C/c2ccco2)O[C@@H]1CC1COC(C)(C)O1. The third-order valence-electron chi connectivity index (χ3n) is 6.31. The fourth-order valence-corrected chi connectivity index (χ4v) is 4.48. The first-order valence-electron chi connectivity index (χ1n) is 12.5. The molecule has 0 N–H and O–H groups in total. The van der Waals surface area contributed by atoms with Gasteiger partial charge in [-0.25, -0.2) is 0 Å². The van der Waals surface area contributed by atoms with E-state index in [0.29, 0.717) is 26.2 Å². The first-order valence-corrected chi connectivity index (χ1v) is 12.5. The topological polar surface area (TPSA) is 68.5 Å². The van der Waals surface area contributed by atoms with Gasteiger partial charge in [-0.05, 0) is 62.2 Å². The predicted octanol–water partition coefficient (Wildman–Crippen LogP) is 5.38. The normalized spacial score (nSPS) is 28.2. The van der Waals surface area contributed by atoms with Crippen molar-refractivity contribution in [2.24, 2.45) is 0 Å². The molecule has 2 aliphatic rings. The van der Waals surface area contributed by atoms with Crippen LogP contribution in [-0.2, 0) is 30.3 Å². The lowest BCUT2D eigenvalue weighted by Crippen LogP contribution is -2.39. The van der Waals surface area contributed by atoms with Crippen LogP contribution in [-0.4, -0.2) is 56.6 Å². The second-order valence-electron chi connectivity index (χ2n) is 9.51. The van der Waals surface area contributed by atoms with Gasteiger partial charge in [0.1, 0.15) is 29.8 Å². The maximum atomic E-state index is 6.54. The molecule has 0 saturated carbocycles. The summed E-state index contributed by atoms with van der Waals surface area (Å²) in [7, 11) is 1.66. The van der Waals surface area contributed by atoms with Gasteiger partial charge < -0.3 is 32.8 Å². The van der Waals surface area contributed by atoms with Crippen molar-refractivity contribution in [3.8, 4) is 5.75 Å². The predicted molar refractivity (Wildman–Crippen MR) is 132 cm³/mol. The Hall–Kier alpha value is -2.16. The van der Waals surface area contributed by atoms with Crippen LogP contribution < -0.4 is 4.74 Å². The Labute approximate surface area is 208 Å². The average molecular weight is 487 g/mol. The lowest BCUT2D eigenvalue weighted by molar-refractivity contribution is -0.144. The summed E-state index contributed by atoms with van der Waals surface area (Å²) in [5.41, 5.74) is 1.06. The molecule has 2 saturated heterocycles. The summed E-state index contributed by atoms with van der Waals surface area (Å²) in [4.78, 5) is 0. The highest BCUT2D eigenvalue weighted by atomic mass is 16.7. The molecule has 0 bridgehead atoms. The van der Waals surface area contributed by atoms with E-state index in [9.17, 15) is 0 Å². The average Bonchev–Trinajstić information content (AvgIpc) is 3.57. The molecule has 0 radical (unpaired) electrons. The van der Waals surface area contributed by atoms with Crippen molar-refractivity contribution in [3.63, 3.8) is 0 Å². The van der Waals surface area contributed by atoms with Gasteiger partial charge in [-0.15, -0.1) is 0 Å². The van der Waals surface area contributed by atoms with Gasteiger partial charge in [-0.3, -0.25) is 0 Å². The highest BCUT2D eigenvalue weighted by Gasteiger charge is 2.47. The van der Waals surface area contributed by atoms with Gasteiger partial charge in [0.25, 0.3) is 0 Å². The lowest BCUT2D eigenvalue weighted by Gasteiger charge is -2.26. The van der Waals surface area contributed by atoms with Crippen molar-refractivity contribution >= 4 is 6.08 Å². The summed E-state index contributed by atoms with van der Waals surface area (Å²) in [5.74, 6) is 1.01. The van der Waals surface area contributed by atoms with Gasteiger partial charge >= 0.3 is 0 Å². The van der Waals surface area contributed by atoms with E-state index in [2.05, 4.69) is 6.92 Å². The van der Waals surface area contributed by atoms with Crippen LogP contribution in [0.3, 0.4) is 0 Å². The van der Waals surface area contributed by atoms with Gasteiger partial charge in [0.15, 0.2) is 5.79 Å². The second-order valence-corrected chi connectivity index (χ2v) is 9.51. The molecular weight excluding hydrogens is 448 g/mol. The number of methoxy groups -OCH3 is 1. The number of benzene rings is 1. The minimum absolute atomic E-state index is 0.0534.